The minimum Gasteiger partial charge on any atom is -0.378 e. The molecule has 0 atom stereocenters. The zero-order valence-electron chi connectivity index (χ0n) is 15.1. The number of hydrogen-bond donors (Lipinski definition) is 0. The van der Waals surface area contributed by atoms with E-state index in [1.165, 1.54) is 22.7 Å². The maximum absolute atomic E-state index is 13.1. The fourth-order valence-electron chi connectivity index (χ4n) is 3.27. The average Bonchev–Trinajstić information content (AvgIpc) is 3.39. The molecule has 28 heavy (non-hydrogen) atoms. The van der Waals surface area contributed by atoms with Crippen LogP contribution in [0.25, 0.3) is 0 Å². The third-order valence-corrected chi connectivity index (χ3v) is 7.10. The second kappa shape index (κ2) is 8.29. The minimum absolute atomic E-state index is 0.137. The molecule has 144 valence electrons. The largest absolute Gasteiger partial charge is 0.378 e. The van der Waals surface area contributed by atoms with Gasteiger partial charge in [0.2, 0.25) is 5.78 Å². The highest BCUT2D eigenvalue weighted by Gasteiger charge is 2.25. The number of nitriles is 2. The molecule has 0 N–H and O–H groups in total. The average molecular weight is 415 g/mol. The summed E-state index contributed by atoms with van der Waals surface area (Å²) in [7, 11) is 0. The molecule has 2 aliphatic rings. The van der Waals surface area contributed by atoms with Gasteiger partial charge in [-0.2, -0.15) is 10.5 Å². The number of nitrogens with zero attached hydrogens (tertiary/aromatic N) is 4. The third kappa shape index (κ3) is 3.62. The molecular formula is C19H18N4O3S2. The molecule has 9 heteroatoms. The number of thiophene rings is 2. The van der Waals surface area contributed by atoms with E-state index < -0.39 is 0 Å². The molecular weight excluding hydrogens is 396 g/mol. The quantitative estimate of drug-likeness (QED) is 0.710. The summed E-state index contributed by atoms with van der Waals surface area (Å²) in [6.07, 6.45) is 0. The molecule has 4 heterocycles. The predicted octanol–water partition coefficient (Wildman–Crippen LogP) is 2.46. The van der Waals surface area contributed by atoms with Gasteiger partial charge in [-0.3, -0.25) is 4.79 Å². The van der Waals surface area contributed by atoms with Crippen LogP contribution in [-0.4, -0.2) is 58.4 Å². The maximum Gasteiger partial charge on any atom is 0.213 e. The van der Waals surface area contributed by atoms with Crippen molar-refractivity contribution < 1.29 is 14.3 Å². The summed E-state index contributed by atoms with van der Waals surface area (Å²) in [5.74, 6) is -0.137. The van der Waals surface area contributed by atoms with Gasteiger partial charge in [0.1, 0.15) is 22.1 Å². The van der Waals surface area contributed by atoms with Crippen LogP contribution in [0, 0.1) is 22.7 Å². The van der Waals surface area contributed by atoms with Crippen LogP contribution >= 0.6 is 22.7 Å². The fourth-order valence-corrected chi connectivity index (χ4v) is 5.56. The van der Waals surface area contributed by atoms with Crippen LogP contribution in [0.3, 0.4) is 0 Å². The van der Waals surface area contributed by atoms with Crippen molar-refractivity contribution in [2.75, 3.05) is 62.4 Å². The molecule has 2 aromatic heterocycles. The summed E-state index contributed by atoms with van der Waals surface area (Å²) in [4.78, 5) is 18.3. The number of rotatable bonds is 4. The van der Waals surface area contributed by atoms with Crippen LogP contribution in [0.4, 0.5) is 10.0 Å². The van der Waals surface area contributed by atoms with Gasteiger partial charge in [-0.05, 0) is 12.1 Å². The van der Waals surface area contributed by atoms with Crippen LogP contribution in [0.15, 0.2) is 12.1 Å². The number of carbonyl (C=O) groups excluding carboxylic acids is 1. The normalized spacial score (nSPS) is 17.2. The van der Waals surface area contributed by atoms with Crippen molar-refractivity contribution in [1.82, 2.24) is 0 Å². The van der Waals surface area contributed by atoms with Gasteiger partial charge in [-0.1, -0.05) is 0 Å². The van der Waals surface area contributed by atoms with Gasteiger partial charge >= 0.3 is 0 Å². The number of hydrogen-bond acceptors (Lipinski definition) is 9. The van der Waals surface area contributed by atoms with Crippen molar-refractivity contribution in [1.29, 1.82) is 10.5 Å². The SMILES string of the molecule is N#Cc1cc(C(=O)c2cc(C#N)c(N3CCOCC3)s2)sc1N1CCOCC1. The summed E-state index contributed by atoms with van der Waals surface area (Å²) in [6.45, 7) is 5.31. The molecule has 0 aromatic carbocycles. The van der Waals surface area contributed by atoms with E-state index in [1.54, 1.807) is 12.1 Å². The van der Waals surface area contributed by atoms with E-state index in [4.69, 9.17) is 9.47 Å². The highest BCUT2D eigenvalue weighted by Crippen LogP contribution is 2.37. The molecule has 0 spiro atoms. The summed E-state index contributed by atoms with van der Waals surface area (Å²) < 4.78 is 10.7. The molecule has 2 aromatic rings. The highest BCUT2D eigenvalue weighted by atomic mass is 32.1. The summed E-state index contributed by atoms with van der Waals surface area (Å²) in [5.41, 5.74) is 1.03. The van der Waals surface area contributed by atoms with Gasteiger partial charge < -0.3 is 19.3 Å². The van der Waals surface area contributed by atoms with E-state index in [0.717, 1.165) is 10.0 Å². The van der Waals surface area contributed by atoms with Crippen LogP contribution in [0.5, 0.6) is 0 Å². The Labute approximate surface area is 170 Å². The Morgan fingerprint density at radius 2 is 1.21 bits per heavy atom. The number of carbonyl (C=O) groups is 1. The number of ether oxygens (including phenoxy) is 2. The number of ketones is 1. The number of anilines is 2. The molecule has 2 fully saturated rings. The molecule has 7 nitrogen and oxygen atoms in total. The molecule has 0 radical (unpaired) electrons. The van der Waals surface area contributed by atoms with E-state index in [1.807, 2.05) is 0 Å². The summed E-state index contributed by atoms with van der Waals surface area (Å²) in [6, 6.07) is 7.74. The first-order chi connectivity index (χ1) is 13.7. The Morgan fingerprint density at radius 1 is 0.821 bits per heavy atom. The van der Waals surface area contributed by atoms with Crippen molar-refractivity contribution in [2.45, 2.75) is 0 Å². The Morgan fingerprint density at radius 3 is 1.57 bits per heavy atom. The lowest BCUT2D eigenvalue weighted by Crippen LogP contribution is -2.36. The van der Waals surface area contributed by atoms with Crippen LogP contribution in [0.1, 0.15) is 25.7 Å². The second-order valence-corrected chi connectivity index (χ2v) is 8.47. The molecule has 0 saturated carbocycles. The Balaban J connectivity index is 1.63. The maximum atomic E-state index is 13.1. The smallest absolute Gasteiger partial charge is 0.213 e. The minimum atomic E-state index is -0.137. The second-order valence-electron chi connectivity index (χ2n) is 6.41. The number of morpholine rings is 2. The van der Waals surface area contributed by atoms with Gasteiger partial charge in [0.15, 0.2) is 0 Å². The van der Waals surface area contributed by atoms with Crippen molar-refractivity contribution >= 4 is 38.5 Å². The Hall–Kier alpha value is -2.43. The molecule has 0 aliphatic carbocycles. The Kier molecular flexibility index (Phi) is 5.60. The van der Waals surface area contributed by atoms with Gasteiger partial charge in [0, 0.05) is 26.2 Å². The van der Waals surface area contributed by atoms with Crippen molar-refractivity contribution in [2.24, 2.45) is 0 Å². The van der Waals surface area contributed by atoms with E-state index in [-0.39, 0.29) is 5.78 Å². The molecule has 0 bridgehead atoms. The molecule has 0 unspecified atom stereocenters. The first kappa shape index (κ1) is 18.9. The Bertz CT molecular complexity index is 881. The van der Waals surface area contributed by atoms with Gasteiger partial charge in [0.05, 0.1) is 47.3 Å². The van der Waals surface area contributed by atoms with Gasteiger partial charge in [-0.25, -0.2) is 0 Å². The van der Waals surface area contributed by atoms with E-state index >= 15 is 0 Å². The molecule has 4 rings (SSSR count). The van der Waals surface area contributed by atoms with Gasteiger partial charge in [0.25, 0.3) is 0 Å². The van der Waals surface area contributed by atoms with Gasteiger partial charge in [-0.15, -0.1) is 22.7 Å². The van der Waals surface area contributed by atoms with Crippen LogP contribution < -0.4 is 9.80 Å². The lowest BCUT2D eigenvalue weighted by molar-refractivity contribution is 0.104. The summed E-state index contributed by atoms with van der Waals surface area (Å²) >= 11 is 2.68. The lowest BCUT2D eigenvalue weighted by atomic mass is 10.2. The highest BCUT2D eigenvalue weighted by molar-refractivity contribution is 7.21. The van der Waals surface area contributed by atoms with Crippen molar-refractivity contribution in [3.05, 3.63) is 33.0 Å². The lowest BCUT2D eigenvalue weighted by Gasteiger charge is -2.27. The van der Waals surface area contributed by atoms with Crippen molar-refractivity contribution in [3.63, 3.8) is 0 Å². The zero-order valence-corrected chi connectivity index (χ0v) is 16.8. The van der Waals surface area contributed by atoms with E-state index in [9.17, 15) is 15.3 Å². The van der Waals surface area contributed by atoms with E-state index in [2.05, 4.69) is 21.9 Å². The summed E-state index contributed by atoms with van der Waals surface area (Å²) in [5, 5.41) is 20.6. The first-order valence-electron chi connectivity index (χ1n) is 8.99. The standard InChI is InChI=1S/C19H18N4O3S2/c20-11-13-9-15(27-18(13)22-1-5-25-6-2-22)17(24)16-10-14(12-21)19(28-16)23-3-7-26-8-4-23/h9-10H,1-8H2. The molecule has 2 saturated heterocycles. The molecule has 2 aliphatic heterocycles. The topological polar surface area (TPSA) is 89.6 Å². The van der Waals surface area contributed by atoms with E-state index in [0.29, 0.717) is 73.5 Å². The fraction of sp³-hybridized carbons (Fsp3) is 0.421. The zero-order chi connectivity index (χ0) is 19.5. The monoisotopic (exact) mass is 414 g/mol. The van der Waals surface area contributed by atoms with Crippen LogP contribution in [-0.2, 0) is 9.47 Å². The van der Waals surface area contributed by atoms with Crippen molar-refractivity contribution in [3.8, 4) is 12.1 Å². The van der Waals surface area contributed by atoms with Crippen LogP contribution in [0.2, 0.25) is 0 Å². The molecule has 0 amide bonds. The third-order valence-electron chi connectivity index (χ3n) is 4.71. The first-order valence-corrected chi connectivity index (χ1v) is 10.6. The predicted molar refractivity (Wildman–Crippen MR) is 108 cm³/mol.